The lowest BCUT2D eigenvalue weighted by Gasteiger charge is -2.25. The van der Waals surface area contributed by atoms with Gasteiger partial charge in [-0.15, -0.1) is 24.0 Å². The van der Waals surface area contributed by atoms with E-state index in [1.165, 1.54) is 5.56 Å². The van der Waals surface area contributed by atoms with Crippen LogP contribution in [0.4, 0.5) is 0 Å². The van der Waals surface area contributed by atoms with Crippen LogP contribution in [0.15, 0.2) is 29.3 Å². The van der Waals surface area contributed by atoms with E-state index in [9.17, 15) is 0 Å². The lowest BCUT2D eigenvalue weighted by atomic mass is 10.1. The predicted molar refractivity (Wildman–Crippen MR) is 124 cm³/mol. The Labute approximate surface area is 189 Å². The van der Waals surface area contributed by atoms with Crippen LogP contribution in [0.1, 0.15) is 30.6 Å². The molecule has 2 N–H and O–H groups in total. The first-order valence-corrected chi connectivity index (χ1v) is 9.81. The Morgan fingerprint density at radius 2 is 2.14 bits per heavy atom. The van der Waals surface area contributed by atoms with Crippen LogP contribution in [0.2, 0.25) is 0 Å². The second-order valence-electron chi connectivity index (χ2n) is 6.76. The summed E-state index contributed by atoms with van der Waals surface area (Å²) in [5.41, 5.74) is 1.17. The molecule has 1 aliphatic rings. The number of benzene rings is 1. The topological polar surface area (TPSA) is 85.6 Å². The lowest BCUT2D eigenvalue weighted by molar-refractivity contribution is 0.177. The molecule has 1 atom stereocenters. The van der Waals surface area contributed by atoms with E-state index in [1.807, 2.05) is 22.9 Å². The molecule has 29 heavy (non-hydrogen) atoms. The summed E-state index contributed by atoms with van der Waals surface area (Å²) < 4.78 is 12.5. The minimum absolute atomic E-state index is 0. The molecule has 1 aliphatic heterocycles. The van der Waals surface area contributed by atoms with Gasteiger partial charge in [-0.25, -0.2) is 9.67 Å². The number of hydrogen-bond donors (Lipinski definition) is 2. The van der Waals surface area contributed by atoms with Gasteiger partial charge in [0.15, 0.2) is 11.8 Å². The first-order valence-electron chi connectivity index (χ1n) is 9.81. The number of para-hydroxylation sites is 1. The molecule has 0 radical (unpaired) electrons. The van der Waals surface area contributed by atoms with Crippen LogP contribution in [0, 0.1) is 0 Å². The average Bonchev–Trinajstić information content (AvgIpc) is 3.10. The van der Waals surface area contributed by atoms with Crippen molar-refractivity contribution in [3.63, 3.8) is 0 Å². The molecule has 0 aliphatic carbocycles. The van der Waals surface area contributed by atoms with Gasteiger partial charge in [0, 0.05) is 32.7 Å². The van der Waals surface area contributed by atoms with Crippen LogP contribution in [-0.2, 0) is 30.7 Å². The van der Waals surface area contributed by atoms with Crippen LogP contribution in [0.3, 0.4) is 0 Å². The van der Waals surface area contributed by atoms with Crippen LogP contribution >= 0.6 is 24.0 Å². The third-order valence-corrected chi connectivity index (χ3v) is 4.70. The van der Waals surface area contributed by atoms with Gasteiger partial charge in [-0.3, -0.25) is 4.99 Å². The van der Waals surface area contributed by atoms with E-state index < -0.39 is 0 Å². The van der Waals surface area contributed by atoms with Crippen molar-refractivity contribution in [1.29, 1.82) is 0 Å². The van der Waals surface area contributed by atoms with Gasteiger partial charge in [-0.1, -0.05) is 18.2 Å². The van der Waals surface area contributed by atoms with Gasteiger partial charge in [0.1, 0.15) is 18.2 Å². The van der Waals surface area contributed by atoms with Crippen molar-refractivity contribution in [2.45, 2.75) is 45.4 Å². The second kappa shape index (κ2) is 12.0. The first-order chi connectivity index (χ1) is 13.7. The molecule has 3 rings (SSSR count). The van der Waals surface area contributed by atoms with Crippen molar-refractivity contribution in [3.05, 3.63) is 41.5 Å². The number of nitrogens with zero attached hydrogens (tertiary/aromatic N) is 4. The maximum absolute atomic E-state index is 5.42. The number of methoxy groups -OCH3 is 2. The van der Waals surface area contributed by atoms with Crippen LogP contribution < -0.4 is 15.4 Å². The van der Waals surface area contributed by atoms with Crippen LogP contribution in [0.25, 0.3) is 0 Å². The maximum Gasteiger partial charge on any atom is 0.191 e. The highest BCUT2D eigenvalue weighted by Crippen LogP contribution is 2.17. The zero-order chi connectivity index (χ0) is 19.8. The average molecular weight is 514 g/mol. The Morgan fingerprint density at radius 3 is 2.90 bits per heavy atom. The number of hydrogen-bond acceptors (Lipinski definition) is 5. The molecule has 1 aromatic heterocycles. The molecule has 160 valence electrons. The predicted octanol–water partition coefficient (Wildman–Crippen LogP) is 2.16. The quantitative estimate of drug-likeness (QED) is 0.319. The van der Waals surface area contributed by atoms with Gasteiger partial charge in [-0.2, -0.15) is 5.10 Å². The van der Waals surface area contributed by atoms with Crippen LogP contribution in [-0.4, -0.2) is 54.1 Å². The zero-order valence-corrected chi connectivity index (χ0v) is 19.7. The van der Waals surface area contributed by atoms with Crippen molar-refractivity contribution >= 4 is 29.9 Å². The monoisotopic (exact) mass is 514 g/mol. The summed E-state index contributed by atoms with van der Waals surface area (Å²) in [6.45, 7) is 4.81. The molecule has 0 spiro atoms. The number of guanidine groups is 1. The Kier molecular flexibility index (Phi) is 9.65. The summed E-state index contributed by atoms with van der Waals surface area (Å²) in [5, 5.41) is 11.4. The zero-order valence-electron chi connectivity index (χ0n) is 17.4. The van der Waals surface area contributed by atoms with Gasteiger partial charge in [-0.05, 0) is 31.4 Å². The second-order valence-corrected chi connectivity index (χ2v) is 6.76. The fourth-order valence-corrected chi connectivity index (χ4v) is 3.38. The molecule has 1 aromatic carbocycles. The summed E-state index contributed by atoms with van der Waals surface area (Å²) >= 11 is 0. The van der Waals surface area contributed by atoms with E-state index in [4.69, 9.17) is 14.5 Å². The summed E-state index contributed by atoms with van der Waals surface area (Å²) in [5.74, 6) is 3.52. The van der Waals surface area contributed by atoms with Gasteiger partial charge in [0.25, 0.3) is 0 Å². The highest BCUT2D eigenvalue weighted by Gasteiger charge is 2.22. The molecule has 0 saturated heterocycles. The molecule has 0 bridgehead atoms. The minimum Gasteiger partial charge on any atom is -0.496 e. The fourth-order valence-electron chi connectivity index (χ4n) is 3.38. The van der Waals surface area contributed by atoms with Crippen molar-refractivity contribution in [2.75, 3.05) is 27.3 Å². The Hall–Kier alpha value is -1.88. The number of aryl methyl sites for hydroxylation is 1. The SMILES string of the molecule is CCNC(=NCCc1ccccc1OC)NC1CCc2nc(COC)nn2C1.I. The van der Waals surface area contributed by atoms with E-state index in [0.29, 0.717) is 13.2 Å². The molecule has 8 nitrogen and oxygen atoms in total. The molecule has 2 heterocycles. The molecule has 9 heteroatoms. The van der Waals surface area contributed by atoms with Gasteiger partial charge >= 0.3 is 0 Å². The first kappa shape index (κ1) is 23.4. The highest BCUT2D eigenvalue weighted by molar-refractivity contribution is 14.0. The third-order valence-electron chi connectivity index (χ3n) is 4.70. The Morgan fingerprint density at radius 1 is 1.31 bits per heavy atom. The van der Waals surface area contributed by atoms with Crippen molar-refractivity contribution in [2.24, 2.45) is 4.99 Å². The highest BCUT2D eigenvalue weighted by atomic mass is 127. The van der Waals surface area contributed by atoms with Gasteiger partial charge < -0.3 is 20.1 Å². The number of ether oxygens (including phenoxy) is 2. The lowest BCUT2D eigenvalue weighted by Crippen LogP contribution is -2.47. The van der Waals surface area contributed by atoms with E-state index in [0.717, 1.165) is 55.7 Å². The maximum atomic E-state index is 5.42. The van der Waals surface area contributed by atoms with E-state index in [2.05, 4.69) is 33.7 Å². The normalized spacial score (nSPS) is 16.0. The number of fused-ring (bicyclic) bond motifs is 1. The van der Waals surface area contributed by atoms with E-state index >= 15 is 0 Å². The van der Waals surface area contributed by atoms with Crippen molar-refractivity contribution in [1.82, 2.24) is 25.4 Å². The summed E-state index contributed by atoms with van der Waals surface area (Å²) in [4.78, 5) is 9.27. The van der Waals surface area contributed by atoms with Crippen LogP contribution in [0.5, 0.6) is 5.75 Å². The number of halogens is 1. The fraction of sp³-hybridized carbons (Fsp3) is 0.550. The number of rotatable bonds is 8. The third kappa shape index (κ3) is 6.56. The molecule has 1 unspecified atom stereocenters. The number of aliphatic imine (C=N–C) groups is 1. The minimum atomic E-state index is 0. The standard InChI is InChI=1S/C20H30N6O2.HI/c1-4-21-20(22-12-11-15-7-5-6-8-17(15)28-3)23-16-9-10-19-24-18(14-27-2)25-26(19)13-16;/h5-8,16H,4,9-14H2,1-3H3,(H2,21,22,23);1H. The molecular weight excluding hydrogens is 483 g/mol. The Bertz CT molecular complexity index is 795. The molecule has 0 amide bonds. The molecule has 0 fully saturated rings. The number of aromatic nitrogens is 3. The van der Waals surface area contributed by atoms with Crippen molar-refractivity contribution in [3.8, 4) is 5.75 Å². The molecule has 2 aromatic rings. The molecular formula is C20H31IN6O2. The summed E-state index contributed by atoms with van der Waals surface area (Å²) in [6, 6.07) is 8.35. The smallest absolute Gasteiger partial charge is 0.191 e. The summed E-state index contributed by atoms with van der Waals surface area (Å²) in [7, 11) is 3.36. The van der Waals surface area contributed by atoms with E-state index in [1.54, 1.807) is 14.2 Å². The number of nitrogens with one attached hydrogen (secondary N) is 2. The van der Waals surface area contributed by atoms with Gasteiger partial charge in [0.05, 0.1) is 13.7 Å². The molecule has 0 saturated carbocycles. The largest absolute Gasteiger partial charge is 0.496 e. The van der Waals surface area contributed by atoms with E-state index in [-0.39, 0.29) is 30.0 Å². The summed E-state index contributed by atoms with van der Waals surface area (Å²) in [6.07, 6.45) is 2.73. The van der Waals surface area contributed by atoms with Crippen molar-refractivity contribution < 1.29 is 9.47 Å². The Balaban J connectivity index is 0.00000300. The van der Waals surface area contributed by atoms with Gasteiger partial charge in [0.2, 0.25) is 0 Å².